The molecule has 0 aliphatic heterocycles. The van der Waals surface area contributed by atoms with Gasteiger partial charge in [-0.2, -0.15) is 11.8 Å². The third kappa shape index (κ3) is 8.99. The predicted molar refractivity (Wildman–Crippen MR) is 96.2 cm³/mol. The lowest BCUT2D eigenvalue weighted by Crippen LogP contribution is -2.48. The highest BCUT2D eigenvalue weighted by atomic mass is 32.2. The number of benzene rings is 1. The third-order valence-corrected chi connectivity index (χ3v) is 3.79. The van der Waals surface area contributed by atoms with Crippen molar-refractivity contribution in [2.75, 3.05) is 25.2 Å². The van der Waals surface area contributed by atoms with Gasteiger partial charge in [0, 0.05) is 0 Å². The largest absolute Gasteiger partial charge is 0.465 e. The molecule has 25 heavy (non-hydrogen) atoms. The lowest BCUT2D eigenvalue weighted by Gasteiger charge is -2.17. The van der Waals surface area contributed by atoms with Crippen LogP contribution in [-0.2, 0) is 25.7 Å². The van der Waals surface area contributed by atoms with Gasteiger partial charge < -0.3 is 20.1 Å². The van der Waals surface area contributed by atoms with Crippen molar-refractivity contribution >= 4 is 29.7 Å². The molecule has 7 nitrogen and oxygen atoms in total. The van der Waals surface area contributed by atoms with Gasteiger partial charge in [0.2, 0.25) is 5.91 Å². The van der Waals surface area contributed by atoms with Crippen LogP contribution in [0.4, 0.5) is 4.79 Å². The van der Waals surface area contributed by atoms with Crippen LogP contribution in [0.2, 0.25) is 0 Å². The summed E-state index contributed by atoms with van der Waals surface area (Å²) in [5.74, 6) is -0.291. The van der Waals surface area contributed by atoms with Gasteiger partial charge in [-0.15, -0.1) is 0 Å². The van der Waals surface area contributed by atoms with Gasteiger partial charge in [-0.1, -0.05) is 30.3 Å². The molecule has 1 atom stereocenters. The number of hydrogen-bond donors (Lipinski definition) is 2. The molecule has 138 valence electrons. The molecular formula is C17H24N2O5S. The molecule has 1 aromatic carbocycles. The molecular weight excluding hydrogens is 344 g/mol. The van der Waals surface area contributed by atoms with Crippen LogP contribution in [0.5, 0.6) is 0 Å². The van der Waals surface area contributed by atoms with Gasteiger partial charge in [-0.05, 0) is 30.9 Å². The minimum Gasteiger partial charge on any atom is -0.465 e. The summed E-state index contributed by atoms with van der Waals surface area (Å²) in [6, 6.07) is 8.47. The fourth-order valence-electron chi connectivity index (χ4n) is 1.91. The fourth-order valence-corrected chi connectivity index (χ4v) is 2.38. The summed E-state index contributed by atoms with van der Waals surface area (Å²) in [6.45, 7) is 1.81. The molecule has 0 aliphatic carbocycles. The summed E-state index contributed by atoms with van der Waals surface area (Å²) in [6.07, 6.45) is 1.65. The van der Waals surface area contributed by atoms with Gasteiger partial charge in [0.1, 0.15) is 19.2 Å². The van der Waals surface area contributed by atoms with Gasteiger partial charge in [-0.25, -0.2) is 4.79 Å². The fraction of sp³-hybridized carbons (Fsp3) is 0.471. The highest BCUT2D eigenvalue weighted by Gasteiger charge is 2.21. The van der Waals surface area contributed by atoms with Crippen molar-refractivity contribution in [1.29, 1.82) is 0 Å². The average Bonchev–Trinajstić information content (AvgIpc) is 2.62. The standard InChI is InChI=1S/C17H24N2O5S/c1-3-23-15(20)11-18-16(21)14(9-10-25-2)19-17(22)24-12-13-7-5-4-6-8-13/h4-8,14H,3,9-12H2,1-2H3,(H,18,21)(H,19,22)/t14-/m0/s1. The molecule has 0 aromatic heterocycles. The van der Waals surface area contributed by atoms with E-state index in [9.17, 15) is 14.4 Å². The minimum atomic E-state index is -0.773. The second-order valence-electron chi connectivity index (χ2n) is 5.06. The smallest absolute Gasteiger partial charge is 0.408 e. The Morgan fingerprint density at radius 1 is 1.16 bits per heavy atom. The Morgan fingerprint density at radius 3 is 2.52 bits per heavy atom. The van der Waals surface area contributed by atoms with E-state index < -0.39 is 24.0 Å². The Morgan fingerprint density at radius 2 is 1.88 bits per heavy atom. The lowest BCUT2D eigenvalue weighted by molar-refractivity contribution is -0.143. The van der Waals surface area contributed by atoms with Crippen LogP contribution >= 0.6 is 11.8 Å². The first-order valence-corrected chi connectivity index (χ1v) is 9.35. The molecule has 0 saturated heterocycles. The van der Waals surface area contributed by atoms with Gasteiger partial charge >= 0.3 is 12.1 Å². The maximum absolute atomic E-state index is 12.2. The van der Waals surface area contributed by atoms with E-state index in [1.807, 2.05) is 36.6 Å². The van der Waals surface area contributed by atoms with Crippen molar-refractivity contribution in [2.24, 2.45) is 0 Å². The van der Waals surface area contributed by atoms with Crippen LogP contribution < -0.4 is 10.6 Å². The molecule has 2 N–H and O–H groups in total. The highest BCUT2D eigenvalue weighted by molar-refractivity contribution is 7.98. The van der Waals surface area contributed by atoms with Crippen molar-refractivity contribution in [2.45, 2.75) is 26.0 Å². The number of thioether (sulfide) groups is 1. The van der Waals surface area contributed by atoms with Gasteiger partial charge in [0.15, 0.2) is 0 Å². The molecule has 1 aromatic rings. The SMILES string of the molecule is CCOC(=O)CNC(=O)[C@H](CCSC)NC(=O)OCc1ccccc1. The lowest BCUT2D eigenvalue weighted by atomic mass is 10.2. The zero-order valence-electron chi connectivity index (χ0n) is 14.4. The molecule has 0 radical (unpaired) electrons. The first kappa shape index (κ1) is 20.8. The van der Waals surface area contributed by atoms with Crippen LogP contribution in [0.3, 0.4) is 0 Å². The van der Waals surface area contributed by atoms with E-state index in [0.717, 1.165) is 5.56 Å². The number of carbonyl (C=O) groups is 3. The van der Waals surface area contributed by atoms with E-state index >= 15 is 0 Å². The number of esters is 1. The number of alkyl carbamates (subject to hydrolysis) is 1. The van der Waals surface area contributed by atoms with E-state index in [4.69, 9.17) is 9.47 Å². The van der Waals surface area contributed by atoms with Crippen molar-refractivity contribution in [1.82, 2.24) is 10.6 Å². The van der Waals surface area contributed by atoms with E-state index in [1.165, 1.54) is 0 Å². The second-order valence-corrected chi connectivity index (χ2v) is 6.05. The number of ether oxygens (including phenoxy) is 2. The Kier molecular flexibility index (Phi) is 10.2. The maximum Gasteiger partial charge on any atom is 0.408 e. The van der Waals surface area contributed by atoms with Gasteiger partial charge in [0.25, 0.3) is 0 Å². The maximum atomic E-state index is 12.2. The summed E-state index contributed by atoms with van der Waals surface area (Å²) >= 11 is 1.55. The van der Waals surface area contributed by atoms with Crippen LogP contribution in [0, 0.1) is 0 Å². The first-order chi connectivity index (χ1) is 12.1. The molecule has 0 unspecified atom stereocenters. The topological polar surface area (TPSA) is 93.7 Å². The Labute approximate surface area is 151 Å². The number of amides is 2. The number of carbonyl (C=O) groups excluding carboxylic acids is 3. The monoisotopic (exact) mass is 368 g/mol. The number of hydrogen-bond acceptors (Lipinski definition) is 6. The van der Waals surface area contributed by atoms with Crippen LogP contribution in [0.1, 0.15) is 18.9 Å². The normalized spacial score (nSPS) is 11.3. The summed E-state index contributed by atoms with van der Waals surface area (Å²) in [7, 11) is 0. The second kappa shape index (κ2) is 12.2. The Bertz CT molecular complexity index is 553. The van der Waals surface area contributed by atoms with E-state index in [0.29, 0.717) is 12.2 Å². The molecule has 1 rings (SSSR count). The van der Waals surface area contributed by atoms with Gasteiger partial charge in [-0.3, -0.25) is 9.59 Å². The van der Waals surface area contributed by atoms with Crippen LogP contribution in [-0.4, -0.2) is 49.2 Å². The van der Waals surface area contributed by atoms with Crippen molar-refractivity contribution in [3.05, 3.63) is 35.9 Å². The van der Waals surface area contributed by atoms with E-state index in [-0.39, 0.29) is 19.8 Å². The zero-order chi connectivity index (χ0) is 18.5. The number of rotatable bonds is 10. The van der Waals surface area contributed by atoms with E-state index in [2.05, 4.69) is 10.6 Å². The van der Waals surface area contributed by atoms with Crippen molar-refractivity contribution in [3.63, 3.8) is 0 Å². The minimum absolute atomic E-state index is 0.117. The Hall–Kier alpha value is -2.22. The third-order valence-electron chi connectivity index (χ3n) is 3.14. The van der Waals surface area contributed by atoms with Crippen molar-refractivity contribution in [3.8, 4) is 0 Å². The molecule has 2 amide bonds. The summed E-state index contributed by atoms with van der Waals surface area (Å²) < 4.78 is 9.88. The predicted octanol–water partition coefficient (Wildman–Crippen LogP) is 1.71. The Balaban J connectivity index is 2.48. The van der Waals surface area contributed by atoms with Gasteiger partial charge in [0.05, 0.1) is 6.61 Å². The molecule has 0 aliphatic rings. The van der Waals surface area contributed by atoms with Crippen molar-refractivity contribution < 1.29 is 23.9 Å². The quantitative estimate of drug-likeness (QED) is 0.611. The molecule has 0 spiro atoms. The average molecular weight is 368 g/mol. The molecule has 0 fully saturated rings. The summed E-state index contributed by atoms with van der Waals surface area (Å²) in [5.41, 5.74) is 0.852. The summed E-state index contributed by atoms with van der Waals surface area (Å²) in [4.78, 5) is 35.4. The molecule has 8 heteroatoms. The first-order valence-electron chi connectivity index (χ1n) is 7.96. The summed E-state index contributed by atoms with van der Waals surface area (Å²) in [5, 5.41) is 5.00. The highest BCUT2D eigenvalue weighted by Crippen LogP contribution is 2.04. The molecule has 0 saturated carbocycles. The van der Waals surface area contributed by atoms with E-state index in [1.54, 1.807) is 18.7 Å². The van der Waals surface area contributed by atoms with Crippen LogP contribution in [0.25, 0.3) is 0 Å². The zero-order valence-corrected chi connectivity index (χ0v) is 15.3. The molecule has 0 bridgehead atoms. The van der Waals surface area contributed by atoms with Crippen LogP contribution in [0.15, 0.2) is 30.3 Å². The molecule has 0 heterocycles. The number of nitrogens with one attached hydrogen (secondary N) is 2.